The predicted molar refractivity (Wildman–Crippen MR) is 107 cm³/mol. The van der Waals surface area contributed by atoms with Crippen LogP contribution in [0.3, 0.4) is 0 Å². The number of nitrogens with one attached hydrogen (secondary N) is 3. The second-order valence-electron chi connectivity index (χ2n) is 6.84. The van der Waals surface area contributed by atoms with Gasteiger partial charge in [-0.05, 0) is 61.3 Å². The number of para-hydroxylation sites is 2. The van der Waals surface area contributed by atoms with Gasteiger partial charge in [0.2, 0.25) is 5.91 Å². The number of amides is 2. The van der Waals surface area contributed by atoms with Gasteiger partial charge in [-0.15, -0.1) is 23.7 Å². The van der Waals surface area contributed by atoms with Crippen LogP contribution in [0.25, 0.3) is 0 Å². The molecule has 1 aromatic heterocycles. The number of benzene rings is 1. The summed E-state index contributed by atoms with van der Waals surface area (Å²) < 4.78 is 0. The number of rotatable bonds is 4. The van der Waals surface area contributed by atoms with Crippen molar-refractivity contribution < 1.29 is 9.59 Å². The smallest absolute Gasteiger partial charge is 0.265 e. The number of hydrogen-bond acceptors (Lipinski definition) is 4. The molecule has 26 heavy (non-hydrogen) atoms. The molecule has 138 valence electrons. The average Bonchev–Trinajstić information content (AvgIpc) is 3.07. The minimum absolute atomic E-state index is 0. The van der Waals surface area contributed by atoms with E-state index in [1.165, 1.54) is 11.3 Å². The van der Waals surface area contributed by atoms with Gasteiger partial charge in [0.05, 0.1) is 16.3 Å². The van der Waals surface area contributed by atoms with Crippen LogP contribution in [-0.2, 0) is 4.79 Å². The molecular formula is C19H22ClN3O2S. The summed E-state index contributed by atoms with van der Waals surface area (Å²) in [5.41, 5.74) is 1.49. The molecule has 0 radical (unpaired) electrons. The molecule has 1 aliphatic heterocycles. The van der Waals surface area contributed by atoms with Crippen molar-refractivity contribution in [2.75, 3.05) is 23.7 Å². The first-order valence-corrected chi connectivity index (χ1v) is 9.51. The van der Waals surface area contributed by atoms with Crippen LogP contribution in [0.15, 0.2) is 41.8 Å². The van der Waals surface area contributed by atoms with Gasteiger partial charge in [0.1, 0.15) is 0 Å². The summed E-state index contributed by atoms with van der Waals surface area (Å²) in [6.45, 7) is 1.99. The Morgan fingerprint density at radius 1 is 1.04 bits per heavy atom. The van der Waals surface area contributed by atoms with Crippen LogP contribution in [-0.4, -0.2) is 24.9 Å². The summed E-state index contributed by atoms with van der Waals surface area (Å²) in [5.74, 6) is 0.00771. The molecule has 2 heterocycles. The third-order valence-corrected chi connectivity index (χ3v) is 6.15. The molecule has 2 amide bonds. The first-order valence-electron chi connectivity index (χ1n) is 8.63. The number of halogens is 1. The molecule has 4 rings (SSSR count). The second-order valence-corrected chi connectivity index (χ2v) is 7.78. The van der Waals surface area contributed by atoms with Gasteiger partial charge in [-0.25, -0.2) is 0 Å². The number of thiophene rings is 1. The Hall–Kier alpha value is -1.89. The number of anilines is 2. The molecular weight excluding hydrogens is 370 g/mol. The Kier molecular flexibility index (Phi) is 5.65. The minimum atomic E-state index is -0.155. The minimum Gasteiger partial charge on any atom is -0.324 e. The lowest BCUT2D eigenvalue weighted by Crippen LogP contribution is -2.31. The Morgan fingerprint density at radius 2 is 1.73 bits per heavy atom. The van der Waals surface area contributed by atoms with E-state index in [4.69, 9.17) is 0 Å². The van der Waals surface area contributed by atoms with E-state index in [1.54, 1.807) is 6.07 Å². The largest absolute Gasteiger partial charge is 0.324 e. The highest BCUT2D eigenvalue weighted by Gasteiger charge is 2.57. The van der Waals surface area contributed by atoms with Gasteiger partial charge in [-0.1, -0.05) is 18.2 Å². The molecule has 0 bridgehead atoms. The van der Waals surface area contributed by atoms with Gasteiger partial charge in [0.25, 0.3) is 5.91 Å². The lowest BCUT2D eigenvalue weighted by atomic mass is 9.92. The first kappa shape index (κ1) is 18.9. The van der Waals surface area contributed by atoms with Crippen LogP contribution in [0, 0.1) is 11.3 Å². The van der Waals surface area contributed by atoms with E-state index in [-0.39, 0.29) is 35.6 Å². The van der Waals surface area contributed by atoms with Crippen molar-refractivity contribution in [2.24, 2.45) is 11.3 Å². The quantitative estimate of drug-likeness (QED) is 0.743. The highest BCUT2D eigenvalue weighted by Crippen LogP contribution is 2.58. The highest BCUT2D eigenvalue weighted by atomic mass is 35.5. The van der Waals surface area contributed by atoms with Crippen LogP contribution in [0.1, 0.15) is 28.9 Å². The van der Waals surface area contributed by atoms with Crippen molar-refractivity contribution in [3.05, 3.63) is 46.7 Å². The maximum absolute atomic E-state index is 12.7. The Bertz CT molecular complexity index is 788. The zero-order valence-electron chi connectivity index (χ0n) is 14.3. The Balaban J connectivity index is 0.00000196. The molecule has 3 N–H and O–H groups in total. The fraction of sp³-hybridized carbons (Fsp3) is 0.368. The molecule has 1 saturated carbocycles. The van der Waals surface area contributed by atoms with Gasteiger partial charge in [0, 0.05) is 5.92 Å². The van der Waals surface area contributed by atoms with E-state index in [9.17, 15) is 9.59 Å². The normalized spacial score (nSPS) is 20.1. The molecule has 2 aromatic rings. The molecule has 1 atom stereocenters. The third kappa shape index (κ3) is 3.77. The van der Waals surface area contributed by atoms with Crippen molar-refractivity contribution >= 4 is 46.9 Å². The van der Waals surface area contributed by atoms with Crippen LogP contribution in [0.4, 0.5) is 11.4 Å². The van der Waals surface area contributed by atoms with Gasteiger partial charge < -0.3 is 16.0 Å². The molecule has 1 spiro atoms. The van der Waals surface area contributed by atoms with E-state index >= 15 is 0 Å². The summed E-state index contributed by atoms with van der Waals surface area (Å²) in [7, 11) is 0. The Labute approximate surface area is 163 Å². The van der Waals surface area contributed by atoms with Gasteiger partial charge in [-0.3, -0.25) is 9.59 Å². The standard InChI is InChI=1S/C19H21N3O2S.ClH/c23-17(13-12-19(13)7-9-20-10-8-19)21-14-4-1-2-5-15(14)22-18(24)16-6-3-11-25-16;/h1-6,11,13,20H,7-10,12H2,(H,21,23)(H,22,24);1H. The molecule has 5 nitrogen and oxygen atoms in total. The highest BCUT2D eigenvalue weighted by molar-refractivity contribution is 7.12. The molecule has 1 aromatic carbocycles. The Morgan fingerprint density at radius 3 is 2.38 bits per heavy atom. The van der Waals surface area contributed by atoms with Crippen molar-refractivity contribution in [2.45, 2.75) is 19.3 Å². The first-order chi connectivity index (χ1) is 12.2. The summed E-state index contributed by atoms with van der Waals surface area (Å²) in [4.78, 5) is 25.6. The zero-order chi connectivity index (χ0) is 17.3. The molecule has 2 aliphatic rings. The second kappa shape index (κ2) is 7.78. The summed E-state index contributed by atoms with van der Waals surface area (Å²) in [6.07, 6.45) is 3.12. The van der Waals surface area contributed by atoms with Crippen LogP contribution in [0.5, 0.6) is 0 Å². The predicted octanol–water partition coefficient (Wildman–Crippen LogP) is 3.75. The average molecular weight is 392 g/mol. The van der Waals surface area contributed by atoms with Crippen molar-refractivity contribution in [3.8, 4) is 0 Å². The van der Waals surface area contributed by atoms with E-state index in [1.807, 2.05) is 35.7 Å². The van der Waals surface area contributed by atoms with Crippen molar-refractivity contribution in [3.63, 3.8) is 0 Å². The number of carbonyl (C=O) groups is 2. The zero-order valence-corrected chi connectivity index (χ0v) is 15.9. The fourth-order valence-corrected chi connectivity index (χ4v) is 4.33. The third-order valence-electron chi connectivity index (χ3n) is 5.28. The topological polar surface area (TPSA) is 70.2 Å². The van der Waals surface area contributed by atoms with E-state index in [0.717, 1.165) is 32.4 Å². The fourth-order valence-electron chi connectivity index (χ4n) is 3.71. The lowest BCUT2D eigenvalue weighted by molar-refractivity contribution is -0.118. The maximum Gasteiger partial charge on any atom is 0.265 e. The van der Waals surface area contributed by atoms with E-state index in [0.29, 0.717) is 16.3 Å². The van der Waals surface area contributed by atoms with Crippen LogP contribution < -0.4 is 16.0 Å². The van der Waals surface area contributed by atoms with Crippen LogP contribution in [0.2, 0.25) is 0 Å². The maximum atomic E-state index is 12.7. The monoisotopic (exact) mass is 391 g/mol. The molecule has 2 fully saturated rings. The van der Waals surface area contributed by atoms with E-state index in [2.05, 4.69) is 16.0 Å². The van der Waals surface area contributed by atoms with Crippen LogP contribution >= 0.6 is 23.7 Å². The lowest BCUT2D eigenvalue weighted by Gasteiger charge is -2.23. The number of hydrogen-bond donors (Lipinski definition) is 3. The SMILES string of the molecule is Cl.O=C(Nc1ccccc1NC(=O)C1CC12CCNCC2)c1cccs1. The van der Waals surface area contributed by atoms with Crippen molar-refractivity contribution in [1.82, 2.24) is 5.32 Å². The van der Waals surface area contributed by atoms with Gasteiger partial charge in [0.15, 0.2) is 0 Å². The van der Waals surface area contributed by atoms with E-state index < -0.39 is 0 Å². The number of piperidine rings is 1. The van der Waals surface area contributed by atoms with Gasteiger partial charge in [-0.2, -0.15) is 0 Å². The van der Waals surface area contributed by atoms with Crippen molar-refractivity contribution in [1.29, 1.82) is 0 Å². The molecule has 1 unspecified atom stereocenters. The summed E-state index contributed by atoms with van der Waals surface area (Å²) >= 11 is 1.39. The van der Waals surface area contributed by atoms with Gasteiger partial charge >= 0.3 is 0 Å². The molecule has 1 aliphatic carbocycles. The summed E-state index contributed by atoms with van der Waals surface area (Å²) in [6, 6.07) is 11.0. The molecule has 1 saturated heterocycles. The number of carbonyl (C=O) groups excluding carboxylic acids is 2. The molecule has 7 heteroatoms. The summed E-state index contributed by atoms with van der Waals surface area (Å²) in [5, 5.41) is 11.1.